The lowest BCUT2D eigenvalue weighted by atomic mass is 10.0. The van der Waals surface area contributed by atoms with Gasteiger partial charge in [0.15, 0.2) is 0 Å². The highest BCUT2D eigenvalue weighted by molar-refractivity contribution is 6.30. The van der Waals surface area contributed by atoms with Crippen molar-refractivity contribution in [2.45, 2.75) is 12.5 Å². The van der Waals surface area contributed by atoms with Gasteiger partial charge in [0.25, 0.3) is 0 Å². The Morgan fingerprint density at radius 2 is 1.79 bits per heavy atom. The molecule has 0 fully saturated rings. The van der Waals surface area contributed by atoms with Crippen molar-refractivity contribution in [3.63, 3.8) is 0 Å². The molecule has 3 aromatic rings. The number of hydrogen-bond donors (Lipinski definition) is 2. The summed E-state index contributed by atoms with van der Waals surface area (Å²) in [7, 11) is 0. The van der Waals surface area contributed by atoms with Crippen molar-refractivity contribution in [1.29, 1.82) is 0 Å². The largest absolute Gasteiger partial charge is 0.508 e. The molecule has 0 aliphatic carbocycles. The Bertz CT molecular complexity index is 814. The summed E-state index contributed by atoms with van der Waals surface area (Å²) in [5.74, 6) is -0.0123. The lowest BCUT2D eigenvalue weighted by molar-refractivity contribution is -0.116. The van der Waals surface area contributed by atoms with Crippen LogP contribution in [0.4, 0.5) is 5.69 Å². The van der Waals surface area contributed by atoms with Crippen LogP contribution in [-0.2, 0) is 4.79 Å². The van der Waals surface area contributed by atoms with E-state index in [-0.39, 0.29) is 24.1 Å². The molecule has 1 unspecified atom stereocenters. The fraction of sp³-hybridized carbons (Fsp3) is 0.105. The van der Waals surface area contributed by atoms with E-state index in [0.717, 1.165) is 5.56 Å². The fourth-order valence-corrected chi connectivity index (χ4v) is 2.73. The molecule has 0 aliphatic rings. The molecule has 0 saturated carbocycles. The smallest absolute Gasteiger partial charge is 0.226 e. The van der Waals surface area contributed by atoms with Crippen molar-refractivity contribution in [3.8, 4) is 5.75 Å². The number of carbonyl (C=O) groups excluding carboxylic acids is 1. The van der Waals surface area contributed by atoms with E-state index in [1.54, 1.807) is 18.2 Å². The first-order valence-electron chi connectivity index (χ1n) is 7.58. The molecule has 24 heavy (non-hydrogen) atoms. The van der Waals surface area contributed by atoms with E-state index in [2.05, 4.69) is 5.32 Å². The van der Waals surface area contributed by atoms with Gasteiger partial charge in [0.2, 0.25) is 5.91 Å². The number of phenolic OH excluding ortho intramolecular Hbond substituents is 1. The van der Waals surface area contributed by atoms with Gasteiger partial charge in [-0.1, -0.05) is 29.8 Å². The molecule has 1 amide bonds. The van der Waals surface area contributed by atoms with E-state index in [0.29, 0.717) is 10.7 Å². The molecule has 4 nitrogen and oxygen atoms in total. The first-order chi connectivity index (χ1) is 11.6. The minimum atomic E-state index is -0.130. The molecule has 1 aromatic heterocycles. The SMILES string of the molecule is O=C(CC(c1ccc(Cl)cc1)n1cccc1)Nc1cccc(O)c1. The molecule has 0 saturated heterocycles. The Kier molecular flexibility index (Phi) is 4.87. The van der Waals surface area contributed by atoms with Gasteiger partial charge in [0.05, 0.1) is 12.5 Å². The highest BCUT2D eigenvalue weighted by Crippen LogP contribution is 2.25. The summed E-state index contributed by atoms with van der Waals surface area (Å²) in [5.41, 5.74) is 1.57. The average molecular weight is 341 g/mol. The molecular weight excluding hydrogens is 324 g/mol. The second kappa shape index (κ2) is 7.23. The maximum Gasteiger partial charge on any atom is 0.226 e. The monoisotopic (exact) mass is 340 g/mol. The second-order valence-corrected chi connectivity index (χ2v) is 5.94. The Balaban J connectivity index is 1.79. The van der Waals surface area contributed by atoms with Crippen LogP contribution in [0.2, 0.25) is 5.02 Å². The maximum atomic E-state index is 12.4. The number of hydrogen-bond acceptors (Lipinski definition) is 2. The zero-order valence-electron chi connectivity index (χ0n) is 12.9. The van der Waals surface area contributed by atoms with Gasteiger partial charge in [-0.25, -0.2) is 0 Å². The van der Waals surface area contributed by atoms with Gasteiger partial charge >= 0.3 is 0 Å². The van der Waals surface area contributed by atoms with Gasteiger partial charge in [-0.05, 0) is 42.0 Å². The van der Waals surface area contributed by atoms with Crippen LogP contribution in [0, 0.1) is 0 Å². The predicted octanol–water partition coefficient (Wildman–Crippen LogP) is 4.47. The first-order valence-corrected chi connectivity index (χ1v) is 7.96. The highest BCUT2D eigenvalue weighted by atomic mass is 35.5. The number of benzene rings is 2. The number of halogens is 1. The average Bonchev–Trinajstić information content (AvgIpc) is 3.08. The van der Waals surface area contributed by atoms with E-state index in [1.165, 1.54) is 6.07 Å². The number of nitrogens with zero attached hydrogens (tertiary/aromatic N) is 1. The summed E-state index contributed by atoms with van der Waals surface area (Å²) in [6.07, 6.45) is 4.13. The molecule has 0 bridgehead atoms. The number of aromatic nitrogens is 1. The molecule has 1 atom stereocenters. The first kappa shape index (κ1) is 16.1. The lowest BCUT2D eigenvalue weighted by Gasteiger charge is -2.19. The summed E-state index contributed by atoms with van der Waals surface area (Å²) in [5, 5.41) is 13.0. The van der Waals surface area contributed by atoms with Crippen LogP contribution < -0.4 is 5.32 Å². The number of anilines is 1. The number of phenols is 1. The highest BCUT2D eigenvalue weighted by Gasteiger charge is 2.17. The van der Waals surface area contributed by atoms with Gasteiger partial charge in [-0.15, -0.1) is 0 Å². The zero-order chi connectivity index (χ0) is 16.9. The normalized spacial score (nSPS) is 11.9. The standard InChI is InChI=1S/C19H17ClN2O2/c20-15-8-6-14(7-9-15)18(22-10-1-2-11-22)13-19(24)21-16-4-3-5-17(23)12-16/h1-12,18,23H,13H2,(H,21,24). The number of rotatable bonds is 5. The number of carbonyl (C=O) groups is 1. The Labute approximate surface area is 145 Å². The van der Waals surface area contributed by atoms with Gasteiger partial charge in [-0.3, -0.25) is 4.79 Å². The van der Waals surface area contributed by atoms with Crippen molar-refractivity contribution >= 4 is 23.2 Å². The fourth-order valence-electron chi connectivity index (χ4n) is 2.61. The summed E-state index contributed by atoms with van der Waals surface area (Å²) in [4.78, 5) is 12.4. The van der Waals surface area contributed by atoms with Gasteiger partial charge in [-0.2, -0.15) is 0 Å². The van der Waals surface area contributed by atoms with Crippen LogP contribution in [0.3, 0.4) is 0 Å². The summed E-state index contributed by atoms with van der Waals surface area (Å²) < 4.78 is 1.99. The number of amides is 1. The predicted molar refractivity (Wildman–Crippen MR) is 95.4 cm³/mol. The minimum absolute atomic E-state index is 0.118. The quantitative estimate of drug-likeness (QED) is 0.720. The van der Waals surface area contributed by atoms with E-state index in [9.17, 15) is 9.90 Å². The van der Waals surface area contributed by atoms with Crippen molar-refractivity contribution < 1.29 is 9.90 Å². The number of nitrogens with one attached hydrogen (secondary N) is 1. The molecule has 122 valence electrons. The molecule has 3 rings (SSSR count). The molecule has 0 aliphatic heterocycles. The van der Waals surface area contributed by atoms with Crippen LogP contribution in [0.1, 0.15) is 18.0 Å². The molecule has 0 radical (unpaired) electrons. The molecule has 0 spiro atoms. The third-order valence-corrected chi connectivity index (χ3v) is 4.00. The third-order valence-electron chi connectivity index (χ3n) is 3.75. The van der Waals surface area contributed by atoms with Crippen molar-refractivity contribution in [1.82, 2.24) is 4.57 Å². The Morgan fingerprint density at radius 3 is 2.46 bits per heavy atom. The second-order valence-electron chi connectivity index (χ2n) is 5.50. The van der Waals surface area contributed by atoms with E-state index >= 15 is 0 Å². The molecule has 1 heterocycles. The molecule has 5 heteroatoms. The lowest BCUT2D eigenvalue weighted by Crippen LogP contribution is -2.19. The van der Waals surface area contributed by atoms with Crippen LogP contribution in [0.15, 0.2) is 73.1 Å². The van der Waals surface area contributed by atoms with Crippen molar-refractivity contribution in [2.75, 3.05) is 5.32 Å². The van der Waals surface area contributed by atoms with Crippen LogP contribution >= 0.6 is 11.6 Å². The van der Waals surface area contributed by atoms with Crippen LogP contribution in [0.25, 0.3) is 0 Å². The molecule has 2 N–H and O–H groups in total. The summed E-state index contributed by atoms with van der Waals surface area (Å²) >= 11 is 5.96. The third kappa shape index (κ3) is 3.97. The van der Waals surface area contributed by atoms with Gasteiger partial charge < -0.3 is 15.0 Å². The topological polar surface area (TPSA) is 54.3 Å². The van der Waals surface area contributed by atoms with Crippen molar-refractivity contribution in [3.05, 3.63) is 83.6 Å². The van der Waals surface area contributed by atoms with Gasteiger partial charge in [0.1, 0.15) is 5.75 Å². The van der Waals surface area contributed by atoms with E-state index < -0.39 is 0 Å². The molecule has 2 aromatic carbocycles. The summed E-state index contributed by atoms with van der Waals surface area (Å²) in [6.45, 7) is 0. The van der Waals surface area contributed by atoms with Crippen LogP contribution in [-0.4, -0.2) is 15.6 Å². The Hall–Kier alpha value is -2.72. The minimum Gasteiger partial charge on any atom is -0.508 e. The van der Waals surface area contributed by atoms with Gasteiger partial charge in [0, 0.05) is 29.2 Å². The summed E-state index contributed by atoms with van der Waals surface area (Å²) in [6, 6.07) is 17.7. The maximum absolute atomic E-state index is 12.4. The number of aromatic hydroxyl groups is 1. The van der Waals surface area contributed by atoms with Crippen molar-refractivity contribution in [2.24, 2.45) is 0 Å². The van der Waals surface area contributed by atoms with E-state index in [4.69, 9.17) is 11.6 Å². The van der Waals surface area contributed by atoms with Crippen LogP contribution in [0.5, 0.6) is 5.75 Å². The van der Waals surface area contributed by atoms with E-state index in [1.807, 2.05) is 53.4 Å². The Morgan fingerprint density at radius 1 is 1.08 bits per heavy atom. The zero-order valence-corrected chi connectivity index (χ0v) is 13.6. The molecular formula is C19H17ClN2O2.